The van der Waals surface area contributed by atoms with Crippen LogP contribution in [0, 0.1) is 6.92 Å². The summed E-state index contributed by atoms with van der Waals surface area (Å²) >= 11 is 5.01. The molecule has 0 amide bonds. The Bertz CT molecular complexity index is 790. The summed E-state index contributed by atoms with van der Waals surface area (Å²) in [6.45, 7) is 4.81. The highest BCUT2D eigenvalue weighted by molar-refractivity contribution is 9.10. The van der Waals surface area contributed by atoms with Gasteiger partial charge in [-0.2, -0.15) is 4.98 Å². The first-order valence-electron chi connectivity index (χ1n) is 6.46. The van der Waals surface area contributed by atoms with Crippen LogP contribution in [0.3, 0.4) is 0 Å². The average molecular weight is 365 g/mol. The number of nitrogens with zero attached hydrogens (tertiary/aromatic N) is 3. The van der Waals surface area contributed by atoms with Crippen molar-refractivity contribution in [2.75, 3.05) is 11.9 Å². The molecule has 5 nitrogen and oxygen atoms in total. The topological polar surface area (TPSA) is 59.9 Å². The summed E-state index contributed by atoms with van der Waals surface area (Å²) in [5.74, 6) is 1.75. The van der Waals surface area contributed by atoms with E-state index in [1.807, 2.05) is 26.0 Å². The first-order chi connectivity index (χ1) is 10.2. The Kier molecular flexibility index (Phi) is 4.03. The highest BCUT2D eigenvalue weighted by atomic mass is 79.9. The lowest BCUT2D eigenvalue weighted by Gasteiger charge is -2.08. The predicted molar refractivity (Wildman–Crippen MR) is 88.3 cm³/mol. The maximum absolute atomic E-state index is 5.90. The third-order valence-corrected chi connectivity index (χ3v) is 4.09. The normalized spacial score (nSPS) is 10.8. The van der Waals surface area contributed by atoms with Gasteiger partial charge in [-0.3, -0.25) is 4.98 Å². The molecule has 0 aliphatic carbocycles. The summed E-state index contributed by atoms with van der Waals surface area (Å²) in [5.41, 5.74) is 0. The standard InChI is InChI=1S/C14H13BrN4OS/c1-3-17-14-18-12(11-4-8(2)21-13(11)19-14)20-10-5-9(15)6-16-7-10/h4-7H,3H2,1-2H3,(H,17,18,19). The van der Waals surface area contributed by atoms with Crippen molar-refractivity contribution in [3.05, 3.63) is 33.9 Å². The molecule has 0 saturated carbocycles. The minimum atomic E-state index is 0.542. The van der Waals surface area contributed by atoms with E-state index >= 15 is 0 Å². The number of pyridine rings is 1. The monoisotopic (exact) mass is 364 g/mol. The van der Waals surface area contributed by atoms with E-state index in [9.17, 15) is 0 Å². The smallest absolute Gasteiger partial charge is 0.232 e. The fourth-order valence-corrected chi connectivity index (χ4v) is 3.10. The highest BCUT2D eigenvalue weighted by Gasteiger charge is 2.12. The van der Waals surface area contributed by atoms with Crippen LogP contribution in [0.5, 0.6) is 11.6 Å². The molecule has 0 aliphatic heterocycles. The molecule has 0 unspecified atom stereocenters. The Labute approximate surface area is 134 Å². The summed E-state index contributed by atoms with van der Waals surface area (Å²) in [6.07, 6.45) is 3.37. The van der Waals surface area contributed by atoms with Crippen LogP contribution in [-0.4, -0.2) is 21.5 Å². The van der Waals surface area contributed by atoms with Crippen LogP contribution < -0.4 is 10.1 Å². The number of aromatic nitrogens is 3. The van der Waals surface area contributed by atoms with Crippen LogP contribution in [0.15, 0.2) is 29.0 Å². The Morgan fingerprint density at radius 1 is 1.29 bits per heavy atom. The molecule has 21 heavy (non-hydrogen) atoms. The zero-order valence-electron chi connectivity index (χ0n) is 11.6. The third kappa shape index (κ3) is 3.14. The molecule has 3 heterocycles. The summed E-state index contributed by atoms with van der Waals surface area (Å²) in [4.78, 5) is 15.1. The largest absolute Gasteiger partial charge is 0.436 e. The second-order valence-electron chi connectivity index (χ2n) is 4.40. The molecule has 0 bridgehead atoms. The van der Waals surface area contributed by atoms with Gasteiger partial charge in [0.2, 0.25) is 11.8 Å². The summed E-state index contributed by atoms with van der Waals surface area (Å²) in [7, 11) is 0. The molecular weight excluding hydrogens is 352 g/mol. The molecule has 0 aliphatic rings. The lowest BCUT2D eigenvalue weighted by atomic mass is 10.3. The van der Waals surface area contributed by atoms with Crippen molar-refractivity contribution in [2.45, 2.75) is 13.8 Å². The van der Waals surface area contributed by atoms with E-state index in [1.54, 1.807) is 23.7 Å². The SMILES string of the molecule is CCNc1nc(Oc2cncc(Br)c2)c2cc(C)sc2n1. The molecule has 0 fully saturated rings. The van der Waals surface area contributed by atoms with E-state index in [-0.39, 0.29) is 0 Å². The average Bonchev–Trinajstić information content (AvgIpc) is 2.80. The van der Waals surface area contributed by atoms with E-state index in [0.29, 0.717) is 17.6 Å². The van der Waals surface area contributed by atoms with Gasteiger partial charge in [-0.05, 0) is 41.9 Å². The molecule has 0 radical (unpaired) electrons. The van der Waals surface area contributed by atoms with Crippen LogP contribution in [0.1, 0.15) is 11.8 Å². The molecule has 0 saturated heterocycles. The van der Waals surface area contributed by atoms with Crippen molar-refractivity contribution in [3.8, 4) is 11.6 Å². The van der Waals surface area contributed by atoms with E-state index < -0.39 is 0 Å². The predicted octanol–water partition coefficient (Wildman–Crippen LogP) is 4.38. The molecule has 1 N–H and O–H groups in total. The maximum Gasteiger partial charge on any atom is 0.232 e. The quantitative estimate of drug-likeness (QED) is 0.744. The molecule has 108 valence electrons. The lowest BCUT2D eigenvalue weighted by Crippen LogP contribution is -2.02. The van der Waals surface area contributed by atoms with Crippen LogP contribution in [0.2, 0.25) is 0 Å². The maximum atomic E-state index is 5.90. The first-order valence-corrected chi connectivity index (χ1v) is 8.07. The Morgan fingerprint density at radius 3 is 2.90 bits per heavy atom. The van der Waals surface area contributed by atoms with Crippen molar-refractivity contribution >= 4 is 43.4 Å². The molecule has 0 spiro atoms. The van der Waals surface area contributed by atoms with Gasteiger partial charge in [-0.25, -0.2) is 4.98 Å². The lowest BCUT2D eigenvalue weighted by molar-refractivity contribution is 0.466. The minimum Gasteiger partial charge on any atom is -0.436 e. The van der Waals surface area contributed by atoms with Crippen LogP contribution in [0.4, 0.5) is 5.95 Å². The van der Waals surface area contributed by atoms with Crippen molar-refractivity contribution in [3.63, 3.8) is 0 Å². The molecule has 0 atom stereocenters. The zero-order valence-corrected chi connectivity index (χ0v) is 14.0. The molecule has 0 aromatic carbocycles. The highest BCUT2D eigenvalue weighted by Crippen LogP contribution is 2.33. The van der Waals surface area contributed by atoms with Crippen molar-refractivity contribution in [2.24, 2.45) is 0 Å². The number of nitrogens with one attached hydrogen (secondary N) is 1. The number of halogens is 1. The number of hydrogen-bond acceptors (Lipinski definition) is 6. The summed E-state index contributed by atoms with van der Waals surface area (Å²) in [6, 6.07) is 3.89. The molecule has 3 aromatic heterocycles. The third-order valence-electron chi connectivity index (χ3n) is 2.71. The number of anilines is 1. The van der Waals surface area contributed by atoms with Crippen LogP contribution in [-0.2, 0) is 0 Å². The van der Waals surface area contributed by atoms with Crippen molar-refractivity contribution < 1.29 is 4.74 Å². The Morgan fingerprint density at radius 2 is 2.14 bits per heavy atom. The van der Waals surface area contributed by atoms with Gasteiger partial charge in [0.1, 0.15) is 10.6 Å². The van der Waals surface area contributed by atoms with Gasteiger partial charge in [0.15, 0.2) is 0 Å². The number of aryl methyl sites for hydroxylation is 1. The van der Waals surface area contributed by atoms with Gasteiger partial charge in [0.25, 0.3) is 0 Å². The second kappa shape index (κ2) is 5.95. The Hall–Kier alpha value is -1.73. The number of ether oxygens (including phenoxy) is 1. The molecular formula is C14H13BrN4OS. The number of fused-ring (bicyclic) bond motifs is 1. The van der Waals surface area contributed by atoms with E-state index in [4.69, 9.17) is 4.74 Å². The summed E-state index contributed by atoms with van der Waals surface area (Å²) in [5, 5.41) is 4.04. The fraction of sp³-hybridized carbons (Fsp3) is 0.214. The van der Waals surface area contributed by atoms with Gasteiger partial charge >= 0.3 is 0 Å². The fourth-order valence-electron chi connectivity index (χ4n) is 1.89. The van der Waals surface area contributed by atoms with E-state index in [0.717, 1.165) is 21.2 Å². The number of hydrogen-bond donors (Lipinski definition) is 1. The minimum absolute atomic E-state index is 0.542. The van der Waals surface area contributed by atoms with Crippen LogP contribution in [0.25, 0.3) is 10.2 Å². The Balaban J connectivity index is 2.06. The van der Waals surface area contributed by atoms with Gasteiger partial charge in [0, 0.05) is 22.1 Å². The first kappa shape index (κ1) is 14.2. The van der Waals surface area contributed by atoms with Gasteiger partial charge in [-0.1, -0.05) is 0 Å². The van der Waals surface area contributed by atoms with Gasteiger partial charge in [0.05, 0.1) is 11.6 Å². The van der Waals surface area contributed by atoms with Crippen LogP contribution >= 0.6 is 27.3 Å². The second-order valence-corrected chi connectivity index (χ2v) is 6.55. The molecule has 7 heteroatoms. The van der Waals surface area contributed by atoms with Gasteiger partial charge in [-0.15, -0.1) is 11.3 Å². The van der Waals surface area contributed by atoms with E-state index in [1.165, 1.54) is 4.88 Å². The molecule has 3 aromatic rings. The van der Waals surface area contributed by atoms with Crippen molar-refractivity contribution in [1.82, 2.24) is 15.0 Å². The summed E-state index contributed by atoms with van der Waals surface area (Å²) < 4.78 is 6.76. The number of thiophene rings is 1. The van der Waals surface area contributed by atoms with E-state index in [2.05, 4.69) is 36.2 Å². The number of rotatable bonds is 4. The zero-order chi connectivity index (χ0) is 14.8. The van der Waals surface area contributed by atoms with Crippen molar-refractivity contribution in [1.29, 1.82) is 0 Å². The van der Waals surface area contributed by atoms with Gasteiger partial charge < -0.3 is 10.1 Å². The molecule has 3 rings (SSSR count).